The SMILES string of the molecule is C=Cc1ccc(OC)c(OCOC)c1-c1cc(OCc2ccccc2)c(OC)c(OC)c1C=C. The Morgan fingerprint density at radius 3 is 2.06 bits per heavy atom. The Kier molecular flexibility index (Phi) is 8.60. The summed E-state index contributed by atoms with van der Waals surface area (Å²) in [4.78, 5) is 0. The van der Waals surface area contributed by atoms with Crippen LogP contribution < -0.4 is 23.7 Å². The first kappa shape index (κ1) is 24.7. The van der Waals surface area contributed by atoms with Crippen LogP contribution in [0.3, 0.4) is 0 Å². The van der Waals surface area contributed by atoms with Crippen LogP contribution >= 0.6 is 0 Å². The van der Waals surface area contributed by atoms with Gasteiger partial charge in [0.2, 0.25) is 5.75 Å². The average molecular weight is 463 g/mol. The predicted molar refractivity (Wildman–Crippen MR) is 135 cm³/mol. The van der Waals surface area contributed by atoms with Gasteiger partial charge in [-0.05, 0) is 23.3 Å². The van der Waals surface area contributed by atoms with Crippen LogP contribution in [0.5, 0.6) is 28.7 Å². The first-order valence-corrected chi connectivity index (χ1v) is 10.7. The molecule has 0 aliphatic rings. The van der Waals surface area contributed by atoms with Gasteiger partial charge in [0, 0.05) is 23.8 Å². The predicted octanol–water partition coefficient (Wildman–Crippen LogP) is 6.23. The lowest BCUT2D eigenvalue weighted by Crippen LogP contribution is -2.05. The number of hydrogen-bond donors (Lipinski definition) is 0. The third-order valence-electron chi connectivity index (χ3n) is 5.27. The zero-order chi connectivity index (χ0) is 24.5. The van der Waals surface area contributed by atoms with Crippen molar-refractivity contribution in [1.82, 2.24) is 0 Å². The molecule has 3 aromatic carbocycles. The molecular formula is C28H30O6. The number of benzene rings is 3. The topological polar surface area (TPSA) is 55.4 Å². The summed E-state index contributed by atoms with van der Waals surface area (Å²) in [6.07, 6.45) is 3.46. The second-order valence-electron chi connectivity index (χ2n) is 7.20. The van der Waals surface area contributed by atoms with E-state index in [1.165, 1.54) is 0 Å². The number of ether oxygens (including phenoxy) is 6. The Bertz CT molecular complexity index is 1140. The van der Waals surface area contributed by atoms with Crippen molar-refractivity contribution in [3.8, 4) is 39.9 Å². The van der Waals surface area contributed by atoms with Crippen molar-refractivity contribution in [3.63, 3.8) is 0 Å². The minimum absolute atomic E-state index is 0.0397. The van der Waals surface area contributed by atoms with Crippen LogP contribution in [0.2, 0.25) is 0 Å². The highest BCUT2D eigenvalue weighted by atomic mass is 16.7. The highest BCUT2D eigenvalue weighted by molar-refractivity contribution is 5.91. The highest BCUT2D eigenvalue weighted by Crippen LogP contribution is 2.50. The highest BCUT2D eigenvalue weighted by Gasteiger charge is 2.25. The number of rotatable bonds is 12. The van der Waals surface area contributed by atoms with Crippen molar-refractivity contribution in [2.24, 2.45) is 0 Å². The van der Waals surface area contributed by atoms with Crippen LogP contribution in [0.25, 0.3) is 23.3 Å². The smallest absolute Gasteiger partial charge is 0.203 e. The maximum absolute atomic E-state index is 6.21. The van der Waals surface area contributed by atoms with Crippen LogP contribution in [0.4, 0.5) is 0 Å². The standard InChI is InChI=1S/C28H30O6/c1-7-20-14-15-23(30-4)27(34-18-29-3)25(20)22-16-24(33-17-19-12-10-9-11-13-19)28(32-6)26(31-5)21(22)8-2/h7-16H,1-2,17-18H2,3-6H3. The molecule has 0 fully saturated rings. The summed E-state index contributed by atoms with van der Waals surface area (Å²) in [5.74, 6) is 2.53. The monoisotopic (exact) mass is 462 g/mol. The Labute approximate surface area is 200 Å². The van der Waals surface area contributed by atoms with Gasteiger partial charge < -0.3 is 28.4 Å². The summed E-state index contributed by atoms with van der Waals surface area (Å²) in [5.41, 5.74) is 4.07. The van der Waals surface area contributed by atoms with E-state index in [-0.39, 0.29) is 6.79 Å². The molecule has 0 N–H and O–H groups in total. The van der Waals surface area contributed by atoms with Crippen LogP contribution in [0, 0.1) is 0 Å². The lowest BCUT2D eigenvalue weighted by molar-refractivity contribution is 0.0496. The number of hydrogen-bond acceptors (Lipinski definition) is 6. The third kappa shape index (κ3) is 5.02. The Morgan fingerprint density at radius 2 is 1.47 bits per heavy atom. The lowest BCUT2D eigenvalue weighted by atomic mass is 9.92. The molecule has 3 aromatic rings. The maximum atomic E-state index is 6.21. The zero-order valence-corrected chi connectivity index (χ0v) is 20.1. The fourth-order valence-corrected chi connectivity index (χ4v) is 3.73. The molecule has 0 spiro atoms. The summed E-state index contributed by atoms with van der Waals surface area (Å²) in [5, 5.41) is 0. The molecule has 34 heavy (non-hydrogen) atoms. The Balaban J connectivity index is 2.28. The van der Waals surface area contributed by atoms with Gasteiger partial charge in [-0.25, -0.2) is 0 Å². The van der Waals surface area contributed by atoms with Gasteiger partial charge in [0.1, 0.15) is 6.61 Å². The largest absolute Gasteiger partial charge is 0.493 e. The van der Waals surface area contributed by atoms with Gasteiger partial charge in [-0.1, -0.05) is 61.7 Å². The van der Waals surface area contributed by atoms with E-state index >= 15 is 0 Å². The van der Waals surface area contributed by atoms with Gasteiger partial charge in [0.15, 0.2) is 29.8 Å². The molecule has 0 radical (unpaired) electrons. The minimum atomic E-state index is 0.0397. The average Bonchev–Trinajstić information content (AvgIpc) is 2.89. The van der Waals surface area contributed by atoms with Crippen molar-refractivity contribution < 1.29 is 28.4 Å². The summed E-state index contributed by atoms with van der Waals surface area (Å²) in [6, 6.07) is 15.5. The quantitative estimate of drug-likeness (QED) is 0.298. The van der Waals surface area contributed by atoms with E-state index < -0.39 is 0 Å². The minimum Gasteiger partial charge on any atom is -0.493 e. The summed E-state index contributed by atoms with van der Waals surface area (Å²) in [7, 11) is 6.31. The molecule has 6 heteroatoms. The maximum Gasteiger partial charge on any atom is 0.203 e. The zero-order valence-electron chi connectivity index (χ0n) is 20.1. The van der Waals surface area contributed by atoms with Gasteiger partial charge in [-0.15, -0.1) is 0 Å². The van der Waals surface area contributed by atoms with Gasteiger partial charge >= 0.3 is 0 Å². The summed E-state index contributed by atoms with van der Waals surface area (Å²) >= 11 is 0. The van der Waals surface area contributed by atoms with E-state index in [2.05, 4.69) is 13.2 Å². The first-order chi connectivity index (χ1) is 16.6. The summed E-state index contributed by atoms with van der Waals surface area (Å²) < 4.78 is 34.4. The van der Waals surface area contributed by atoms with Gasteiger partial charge in [-0.3, -0.25) is 0 Å². The molecule has 0 amide bonds. The van der Waals surface area contributed by atoms with Crippen molar-refractivity contribution in [2.75, 3.05) is 35.2 Å². The molecule has 0 saturated heterocycles. The third-order valence-corrected chi connectivity index (χ3v) is 5.27. The molecule has 0 atom stereocenters. The lowest BCUT2D eigenvalue weighted by Gasteiger charge is -2.22. The van der Waals surface area contributed by atoms with E-state index in [4.69, 9.17) is 28.4 Å². The molecular weight excluding hydrogens is 432 g/mol. The first-order valence-electron chi connectivity index (χ1n) is 10.7. The van der Waals surface area contributed by atoms with Crippen LogP contribution in [0.15, 0.2) is 61.7 Å². The van der Waals surface area contributed by atoms with Gasteiger partial charge in [0.25, 0.3) is 0 Å². The molecule has 0 aliphatic carbocycles. The molecule has 6 nitrogen and oxygen atoms in total. The Hall–Kier alpha value is -3.90. The van der Waals surface area contributed by atoms with Crippen molar-refractivity contribution in [3.05, 3.63) is 78.4 Å². The fraction of sp³-hybridized carbons (Fsp3) is 0.214. The van der Waals surface area contributed by atoms with E-state index in [0.717, 1.165) is 22.3 Å². The van der Waals surface area contributed by atoms with E-state index in [9.17, 15) is 0 Å². The van der Waals surface area contributed by atoms with Gasteiger partial charge in [0.05, 0.1) is 21.3 Å². The molecule has 0 aromatic heterocycles. The van der Waals surface area contributed by atoms with Gasteiger partial charge in [-0.2, -0.15) is 0 Å². The molecule has 0 heterocycles. The summed E-state index contributed by atoms with van der Waals surface area (Å²) in [6.45, 7) is 8.39. The van der Waals surface area contributed by atoms with E-state index in [1.807, 2.05) is 48.5 Å². The second-order valence-corrected chi connectivity index (χ2v) is 7.20. The molecule has 3 rings (SSSR count). The molecule has 178 valence electrons. The molecule has 0 saturated carbocycles. The number of methoxy groups -OCH3 is 4. The molecule has 0 unspecified atom stereocenters. The van der Waals surface area contributed by atoms with Crippen molar-refractivity contribution in [2.45, 2.75) is 6.61 Å². The fourth-order valence-electron chi connectivity index (χ4n) is 3.73. The van der Waals surface area contributed by atoms with Crippen LogP contribution in [-0.2, 0) is 11.3 Å². The van der Waals surface area contributed by atoms with E-state index in [1.54, 1.807) is 40.6 Å². The Morgan fingerprint density at radius 1 is 0.735 bits per heavy atom. The molecule has 0 aliphatic heterocycles. The van der Waals surface area contributed by atoms with Crippen LogP contribution in [0.1, 0.15) is 16.7 Å². The second kappa shape index (κ2) is 11.8. The van der Waals surface area contributed by atoms with Crippen LogP contribution in [-0.4, -0.2) is 35.2 Å². The van der Waals surface area contributed by atoms with Crippen molar-refractivity contribution in [1.29, 1.82) is 0 Å². The molecule has 0 bridgehead atoms. The van der Waals surface area contributed by atoms with Crippen molar-refractivity contribution >= 4 is 12.2 Å². The normalized spacial score (nSPS) is 10.4. The van der Waals surface area contributed by atoms with E-state index in [0.29, 0.717) is 40.9 Å².